The van der Waals surface area contributed by atoms with Crippen LogP contribution in [-0.4, -0.2) is 57.9 Å². The van der Waals surface area contributed by atoms with E-state index in [-0.39, 0.29) is 42.6 Å². The molecule has 0 aliphatic carbocycles. The van der Waals surface area contributed by atoms with E-state index in [0.717, 1.165) is 19.4 Å². The van der Waals surface area contributed by atoms with Crippen molar-refractivity contribution >= 4 is 10.1 Å². The molecule has 1 atom stereocenters. The van der Waals surface area contributed by atoms with Crippen LogP contribution in [-0.2, 0) is 24.3 Å². The number of rotatable bonds is 13. The summed E-state index contributed by atoms with van der Waals surface area (Å²) < 4.78 is 47.5. The van der Waals surface area contributed by atoms with Crippen molar-refractivity contribution in [3.05, 3.63) is 0 Å². The summed E-state index contributed by atoms with van der Waals surface area (Å²) in [7, 11) is -4.19. The van der Waals surface area contributed by atoms with Crippen LogP contribution in [0.1, 0.15) is 33.1 Å². The average Bonchev–Trinajstić information content (AvgIpc) is 2.34. The standard InChI is InChI=1S/C12H26O6S.Na/c1-3-4-6-16-8-10-18-11-9-17-7-5-12(2)19(13,14)15;/h12H,3-11H2,1-2H3,(H,13,14,15);/q;+1/p-1. The zero-order chi connectivity index (χ0) is 14.6. The third-order valence-electron chi connectivity index (χ3n) is 2.55. The summed E-state index contributed by atoms with van der Waals surface area (Å²) in [6, 6.07) is 0. The molecule has 0 aromatic carbocycles. The van der Waals surface area contributed by atoms with E-state index >= 15 is 0 Å². The summed E-state index contributed by atoms with van der Waals surface area (Å²) in [5.74, 6) is 0. The van der Waals surface area contributed by atoms with Gasteiger partial charge in [0, 0.05) is 18.5 Å². The van der Waals surface area contributed by atoms with Crippen LogP contribution in [0.15, 0.2) is 0 Å². The van der Waals surface area contributed by atoms with E-state index in [4.69, 9.17) is 14.2 Å². The van der Waals surface area contributed by atoms with Crippen LogP contribution >= 0.6 is 0 Å². The number of hydrogen-bond acceptors (Lipinski definition) is 6. The Morgan fingerprint density at radius 2 is 1.40 bits per heavy atom. The zero-order valence-electron chi connectivity index (χ0n) is 12.8. The third kappa shape index (κ3) is 15.2. The Labute approximate surface area is 144 Å². The van der Waals surface area contributed by atoms with E-state index < -0.39 is 15.4 Å². The molecular formula is C12H25NaO6S. The van der Waals surface area contributed by atoms with Crippen LogP contribution in [0.4, 0.5) is 0 Å². The SMILES string of the molecule is CCCCOCCOCCOCCC(C)S(=O)(=O)[O-].[Na+]. The molecule has 0 bridgehead atoms. The molecule has 0 aromatic heterocycles. The molecule has 0 saturated carbocycles. The van der Waals surface area contributed by atoms with Crippen molar-refractivity contribution in [2.45, 2.75) is 38.4 Å². The Morgan fingerprint density at radius 1 is 0.950 bits per heavy atom. The molecule has 0 N–H and O–H groups in total. The fraction of sp³-hybridized carbons (Fsp3) is 1.00. The van der Waals surface area contributed by atoms with Gasteiger partial charge in [-0.3, -0.25) is 0 Å². The van der Waals surface area contributed by atoms with Crippen molar-refractivity contribution in [2.24, 2.45) is 0 Å². The molecule has 0 fully saturated rings. The summed E-state index contributed by atoms with van der Waals surface area (Å²) in [6.45, 7) is 6.43. The van der Waals surface area contributed by atoms with E-state index in [1.165, 1.54) is 6.92 Å². The van der Waals surface area contributed by atoms with Gasteiger partial charge >= 0.3 is 29.6 Å². The smallest absolute Gasteiger partial charge is 0.748 e. The molecule has 6 nitrogen and oxygen atoms in total. The third-order valence-corrected chi connectivity index (χ3v) is 3.77. The predicted octanol–water partition coefficient (Wildman–Crippen LogP) is -1.84. The van der Waals surface area contributed by atoms with Crippen LogP contribution in [0.25, 0.3) is 0 Å². The van der Waals surface area contributed by atoms with E-state index in [0.29, 0.717) is 26.4 Å². The molecule has 20 heavy (non-hydrogen) atoms. The minimum Gasteiger partial charge on any atom is -0.748 e. The number of ether oxygens (including phenoxy) is 3. The maximum Gasteiger partial charge on any atom is 1.00 e. The van der Waals surface area contributed by atoms with E-state index in [1.54, 1.807) is 0 Å². The topological polar surface area (TPSA) is 84.9 Å². The van der Waals surface area contributed by atoms with Gasteiger partial charge in [0.2, 0.25) is 0 Å². The van der Waals surface area contributed by atoms with Gasteiger partial charge in [-0.25, -0.2) is 8.42 Å². The molecule has 0 heterocycles. The fourth-order valence-electron chi connectivity index (χ4n) is 1.18. The summed E-state index contributed by atoms with van der Waals surface area (Å²) >= 11 is 0. The summed E-state index contributed by atoms with van der Waals surface area (Å²) in [6.07, 6.45) is 2.39. The van der Waals surface area contributed by atoms with Gasteiger partial charge in [0.1, 0.15) is 0 Å². The number of hydrogen-bond donors (Lipinski definition) is 0. The van der Waals surface area contributed by atoms with Gasteiger partial charge in [-0.05, 0) is 19.8 Å². The summed E-state index contributed by atoms with van der Waals surface area (Å²) in [5, 5.41) is -0.902. The molecule has 0 saturated heterocycles. The predicted molar refractivity (Wildman–Crippen MR) is 71.1 cm³/mol. The molecule has 0 spiro atoms. The van der Waals surface area contributed by atoms with Crippen LogP contribution in [0, 0.1) is 0 Å². The first-order valence-electron chi connectivity index (χ1n) is 6.66. The molecule has 0 rings (SSSR count). The molecule has 1 unspecified atom stereocenters. The number of unbranched alkanes of at least 4 members (excludes halogenated alkanes) is 1. The second-order valence-corrected chi connectivity index (χ2v) is 6.07. The fourth-order valence-corrected chi connectivity index (χ4v) is 1.57. The van der Waals surface area contributed by atoms with Gasteiger partial charge in [0.15, 0.2) is 0 Å². The first-order chi connectivity index (χ1) is 8.98. The van der Waals surface area contributed by atoms with Crippen molar-refractivity contribution in [1.29, 1.82) is 0 Å². The molecule has 0 aliphatic rings. The molecular weight excluding hydrogens is 295 g/mol. The molecule has 0 aliphatic heterocycles. The monoisotopic (exact) mass is 320 g/mol. The van der Waals surface area contributed by atoms with Gasteiger partial charge in [0.05, 0.1) is 36.5 Å². The summed E-state index contributed by atoms with van der Waals surface area (Å²) in [4.78, 5) is 0. The maximum absolute atomic E-state index is 10.6. The average molecular weight is 320 g/mol. The first kappa shape index (κ1) is 23.1. The van der Waals surface area contributed by atoms with E-state index in [1.807, 2.05) is 0 Å². The van der Waals surface area contributed by atoms with Gasteiger partial charge in [-0.2, -0.15) is 0 Å². The van der Waals surface area contributed by atoms with Crippen molar-refractivity contribution in [2.75, 3.05) is 39.6 Å². The Bertz CT molecular complexity index is 296. The van der Waals surface area contributed by atoms with Crippen molar-refractivity contribution in [3.63, 3.8) is 0 Å². The van der Waals surface area contributed by atoms with E-state index in [2.05, 4.69) is 6.92 Å². The zero-order valence-corrected chi connectivity index (χ0v) is 15.6. The van der Waals surface area contributed by atoms with Crippen molar-refractivity contribution in [3.8, 4) is 0 Å². The van der Waals surface area contributed by atoms with Crippen LogP contribution in [0.5, 0.6) is 0 Å². The minimum atomic E-state index is -4.19. The van der Waals surface area contributed by atoms with Gasteiger partial charge in [-0.15, -0.1) is 0 Å². The second kappa shape index (κ2) is 14.7. The van der Waals surface area contributed by atoms with Gasteiger partial charge in [0.25, 0.3) is 0 Å². The molecule has 8 heteroatoms. The molecule has 0 amide bonds. The first-order valence-corrected chi connectivity index (χ1v) is 8.13. The quantitative estimate of drug-likeness (QED) is 0.225. The second-order valence-electron chi connectivity index (χ2n) is 4.28. The van der Waals surface area contributed by atoms with Gasteiger partial charge in [-0.1, -0.05) is 13.3 Å². The van der Waals surface area contributed by atoms with Crippen molar-refractivity contribution < 1.29 is 56.7 Å². The molecule has 0 radical (unpaired) electrons. The Balaban J connectivity index is 0. The molecule has 0 aromatic rings. The Kier molecular flexibility index (Phi) is 17.0. The van der Waals surface area contributed by atoms with Crippen molar-refractivity contribution in [1.82, 2.24) is 0 Å². The van der Waals surface area contributed by atoms with Crippen LogP contribution in [0.2, 0.25) is 0 Å². The van der Waals surface area contributed by atoms with Crippen LogP contribution < -0.4 is 29.6 Å². The minimum absolute atomic E-state index is 0. The maximum atomic E-state index is 10.6. The Hall–Kier alpha value is 0.790. The molecule has 116 valence electrons. The Morgan fingerprint density at radius 3 is 1.85 bits per heavy atom. The van der Waals surface area contributed by atoms with E-state index in [9.17, 15) is 13.0 Å². The summed E-state index contributed by atoms with van der Waals surface area (Å²) in [5.41, 5.74) is 0. The van der Waals surface area contributed by atoms with Gasteiger partial charge < -0.3 is 18.8 Å². The largest absolute Gasteiger partial charge is 1.00 e. The van der Waals surface area contributed by atoms with Crippen LogP contribution in [0.3, 0.4) is 0 Å². The normalized spacial score (nSPS) is 12.9.